The van der Waals surface area contributed by atoms with Crippen LogP contribution in [0.3, 0.4) is 0 Å². The van der Waals surface area contributed by atoms with E-state index < -0.39 is 0 Å². The Morgan fingerprint density at radius 1 is 0.941 bits per heavy atom. The van der Waals surface area contributed by atoms with Gasteiger partial charge in [-0.05, 0) is 42.0 Å². The lowest BCUT2D eigenvalue weighted by atomic mass is 9.99. The Balaban J connectivity index is 1.49. The molecule has 7 heteroatoms. The fraction of sp³-hybridized carbons (Fsp3) is 0.407. The molecule has 2 aromatic rings. The monoisotopic (exact) mass is 500 g/mol. The van der Waals surface area contributed by atoms with Crippen molar-refractivity contribution in [1.82, 2.24) is 5.32 Å². The number of aliphatic hydroxyl groups is 1. The number of benzene rings is 2. The summed E-state index contributed by atoms with van der Waals surface area (Å²) < 4.78 is 0. The molecule has 0 bridgehead atoms. The van der Waals surface area contributed by atoms with Crippen LogP contribution >= 0.6 is 21.6 Å². The second kappa shape index (κ2) is 16.3. The molecule has 0 spiro atoms. The molecule has 0 aliphatic rings. The van der Waals surface area contributed by atoms with Crippen molar-refractivity contribution in [3.63, 3.8) is 0 Å². The Labute approximate surface area is 211 Å². The van der Waals surface area contributed by atoms with Gasteiger partial charge in [0.1, 0.15) is 0 Å². The summed E-state index contributed by atoms with van der Waals surface area (Å²) in [6.45, 7) is 4.84. The van der Waals surface area contributed by atoms with Crippen LogP contribution in [0.25, 0.3) is 0 Å². The van der Waals surface area contributed by atoms with E-state index in [0.717, 1.165) is 48.3 Å². The maximum Gasteiger partial charge on any atom is 0.250 e. The molecule has 0 radical (unpaired) electrons. The summed E-state index contributed by atoms with van der Waals surface area (Å²) in [5.41, 5.74) is 3.47. The van der Waals surface area contributed by atoms with Crippen molar-refractivity contribution >= 4 is 39.1 Å². The maximum atomic E-state index is 12.3. The third-order valence-corrected chi connectivity index (χ3v) is 7.72. The molecule has 184 valence electrons. The van der Waals surface area contributed by atoms with Crippen molar-refractivity contribution in [2.45, 2.75) is 51.9 Å². The van der Waals surface area contributed by atoms with Gasteiger partial charge in [-0.1, -0.05) is 84.3 Å². The van der Waals surface area contributed by atoms with Gasteiger partial charge in [-0.15, -0.1) is 0 Å². The molecule has 34 heavy (non-hydrogen) atoms. The zero-order valence-corrected chi connectivity index (χ0v) is 21.7. The van der Waals surface area contributed by atoms with E-state index in [2.05, 4.69) is 36.6 Å². The van der Waals surface area contributed by atoms with E-state index in [-0.39, 0.29) is 11.8 Å². The number of aliphatic hydroxyl groups excluding tert-OH is 1. The first-order valence-electron chi connectivity index (χ1n) is 11.8. The van der Waals surface area contributed by atoms with Gasteiger partial charge in [0, 0.05) is 36.6 Å². The van der Waals surface area contributed by atoms with Crippen LogP contribution in [-0.2, 0) is 16.0 Å². The lowest BCUT2D eigenvalue weighted by Gasteiger charge is -2.10. The summed E-state index contributed by atoms with van der Waals surface area (Å²) in [4.78, 5) is 24.3. The SMILES string of the molecule is CC(C)c1ccc(C/C(=C\O)C(=O)NCCSSCCCCCC(=O)Nc2ccccc2)cc1. The van der Waals surface area contributed by atoms with Crippen LogP contribution in [0.4, 0.5) is 5.69 Å². The average molecular weight is 501 g/mol. The van der Waals surface area contributed by atoms with E-state index in [0.29, 0.717) is 30.9 Å². The van der Waals surface area contributed by atoms with Crippen molar-refractivity contribution in [1.29, 1.82) is 0 Å². The van der Waals surface area contributed by atoms with Gasteiger partial charge in [0.05, 0.1) is 11.8 Å². The second-order valence-electron chi connectivity index (χ2n) is 8.35. The first kappa shape index (κ1) is 27.9. The zero-order valence-electron chi connectivity index (χ0n) is 20.1. The predicted molar refractivity (Wildman–Crippen MR) is 146 cm³/mol. The van der Waals surface area contributed by atoms with E-state index in [1.54, 1.807) is 21.6 Å². The topological polar surface area (TPSA) is 78.4 Å². The van der Waals surface area contributed by atoms with Gasteiger partial charge in [-0.2, -0.15) is 0 Å². The predicted octanol–water partition coefficient (Wildman–Crippen LogP) is 6.49. The summed E-state index contributed by atoms with van der Waals surface area (Å²) >= 11 is 0. The number of hydrogen-bond acceptors (Lipinski definition) is 5. The van der Waals surface area contributed by atoms with Crippen molar-refractivity contribution < 1.29 is 14.7 Å². The van der Waals surface area contributed by atoms with Crippen LogP contribution in [0, 0.1) is 0 Å². The lowest BCUT2D eigenvalue weighted by molar-refractivity contribution is -0.118. The molecule has 3 N–H and O–H groups in total. The smallest absolute Gasteiger partial charge is 0.250 e. The first-order chi connectivity index (χ1) is 16.5. The number of amides is 2. The lowest BCUT2D eigenvalue weighted by Crippen LogP contribution is -2.28. The summed E-state index contributed by atoms with van der Waals surface area (Å²) in [7, 11) is 3.52. The van der Waals surface area contributed by atoms with Crippen molar-refractivity contribution in [2.75, 3.05) is 23.4 Å². The molecule has 0 unspecified atom stereocenters. The Bertz CT molecular complexity index is 900. The molecular weight excluding hydrogens is 464 g/mol. The van der Waals surface area contributed by atoms with E-state index in [1.807, 2.05) is 42.5 Å². The molecule has 0 heterocycles. The molecule has 0 saturated carbocycles. The Hall–Kier alpha value is -2.38. The molecule has 0 fully saturated rings. The molecular formula is C27H36N2O3S2. The summed E-state index contributed by atoms with van der Waals surface area (Å²) in [5.74, 6) is 2.12. The fourth-order valence-corrected chi connectivity index (χ4v) is 5.28. The number of anilines is 1. The third-order valence-electron chi connectivity index (χ3n) is 5.23. The quantitative estimate of drug-likeness (QED) is 0.113. The molecule has 5 nitrogen and oxygen atoms in total. The number of carbonyl (C=O) groups excluding carboxylic acids is 2. The molecule has 0 atom stereocenters. The zero-order chi connectivity index (χ0) is 24.6. The molecule has 2 aromatic carbocycles. The first-order valence-corrected chi connectivity index (χ1v) is 14.3. The highest BCUT2D eigenvalue weighted by Gasteiger charge is 2.11. The average Bonchev–Trinajstić information content (AvgIpc) is 2.84. The van der Waals surface area contributed by atoms with Gasteiger partial charge >= 0.3 is 0 Å². The van der Waals surface area contributed by atoms with Gasteiger partial charge in [0.2, 0.25) is 5.91 Å². The van der Waals surface area contributed by atoms with Crippen LogP contribution in [0.15, 0.2) is 66.4 Å². The van der Waals surface area contributed by atoms with Gasteiger partial charge in [-0.3, -0.25) is 9.59 Å². The normalized spacial score (nSPS) is 11.4. The molecule has 0 aliphatic heterocycles. The highest BCUT2D eigenvalue weighted by molar-refractivity contribution is 8.76. The summed E-state index contributed by atoms with van der Waals surface area (Å²) in [6, 6.07) is 17.7. The summed E-state index contributed by atoms with van der Waals surface area (Å²) in [5, 5.41) is 15.3. The minimum absolute atomic E-state index is 0.0628. The van der Waals surface area contributed by atoms with Crippen molar-refractivity contribution in [3.8, 4) is 0 Å². The Morgan fingerprint density at radius 2 is 1.65 bits per heavy atom. The molecule has 2 rings (SSSR count). The molecule has 0 aromatic heterocycles. The van der Waals surface area contributed by atoms with E-state index in [9.17, 15) is 14.7 Å². The highest BCUT2D eigenvalue weighted by atomic mass is 33.1. The number of rotatable bonds is 15. The van der Waals surface area contributed by atoms with Crippen LogP contribution < -0.4 is 10.6 Å². The second-order valence-corrected chi connectivity index (χ2v) is 11.1. The third kappa shape index (κ3) is 11.2. The fourth-order valence-electron chi connectivity index (χ4n) is 3.23. The van der Waals surface area contributed by atoms with E-state index in [1.165, 1.54) is 5.56 Å². The van der Waals surface area contributed by atoms with Gasteiger partial charge in [0.15, 0.2) is 0 Å². The molecule has 0 aliphatic carbocycles. The Kier molecular flexibility index (Phi) is 13.3. The number of unbranched alkanes of at least 4 members (excludes halogenated alkanes) is 2. The molecule has 2 amide bonds. The Morgan fingerprint density at radius 3 is 2.32 bits per heavy atom. The van der Waals surface area contributed by atoms with Crippen LogP contribution in [0.2, 0.25) is 0 Å². The largest absolute Gasteiger partial charge is 0.515 e. The van der Waals surface area contributed by atoms with E-state index in [4.69, 9.17) is 0 Å². The number of hydrogen-bond donors (Lipinski definition) is 3. The highest BCUT2D eigenvalue weighted by Crippen LogP contribution is 2.22. The number of carbonyl (C=O) groups is 2. The standard InChI is InChI=1S/C27H36N2O3S2/c1-21(2)23-14-12-22(13-15-23)19-24(20-30)27(32)28-16-18-34-33-17-8-4-7-11-26(31)29-25-9-5-3-6-10-25/h3,5-6,9-10,12-15,20-21,30H,4,7-8,11,16-19H2,1-2H3,(H,28,32)(H,29,31)/b24-20+. The van der Waals surface area contributed by atoms with Gasteiger partial charge < -0.3 is 15.7 Å². The van der Waals surface area contributed by atoms with Gasteiger partial charge in [-0.25, -0.2) is 0 Å². The van der Waals surface area contributed by atoms with E-state index >= 15 is 0 Å². The number of para-hydroxylation sites is 1. The summed E-state index contributed by atoms with van der Waals surface area (Å²) in [6.07, 6.45) is 4.84. The van der Waals surface area contributed by atoms with Gasteiger partial charge in [0.25, 0.3) is 5.91 Å². The number of nitrogens with one attached hydrogen (secondary N) is 2. The van der Waals surface area contributed by atoms with Crippen molar-refractivity contribution in [2.24, 2.45) is 0 Å². The van der Waals surface area contributed by atoms with Crippen LogP contribution in [0.1, 0.15) is 56.6 Å². The minimum atomic E-state index is -0.227. The van der Waals surface area contributed by atoms with Crippen LogP contribution in [0.5, 0.6) is 0 Å². The maximum absolute atomic E-state index is 12.3. The molecule has 0 saturated heterocycles. The van der Waals surface area contributed by atoms with Crippen molar-refractivity contribution in [3.05, 3.63) is 77.6 Å². The van der Waals surface area contributed by atoms with Crippen LogP contribution in [-0.4, -0.2) is 35.0 Å². The minimum Gasteiger partial charge on any atom is -0.515 e.